The molecule has 7 heteroatoms. The van der Waals surface area contributed by atoms with E-state index in [4.69, 9.17) is 0 Å². The molecular formula is C17H18N6O. The maximum atomic E-state index is 12.8. The highest BCUT2D eigenvalue weighted by atomic mass is 16.2. The lowest BCUT2D eigenvalue weighted by atomic mass is 9.93. The van der Waals surface area contributed by atoms with E-state index in [0.29, 0.717) is 11.5 Å². The molecule has 1 amide bonds. The number of benzene rings is 1. The molecule has 1 saturated heterocycles. The number of piperidine rings is 1. The Bertz CT molecular complexity index is 803. The minimum Gasteiger partial charge on any atom is -0.348 e. The normalized spacial score (nSPS) is 15.6. The molecule has 4 rings (SSSR count). The quantitative estimate of drug-likeness (QED) is 0.800. The molecule has 3 aromatic rings. The van der Waals surface area contributed by atoms with Crippen molar-refractivity contribution < 1.29 is 4.79 Å². The van der Waals surface area contributed by atoms with Crippen molar-refractivity contribution in [1.29, 1.82) is 0 Å². The van der Waals surface area contributed by atoms with Gasteiger partial charge in [-0.25, -0.2) is 14.6 Å². The summed E-state index contributed by atoms with van der Waals surface area (Å²) in [4.78, 5) is 25.9. The number of carbonyl (C=O) groups excluding carboxylic acids is 1. The van der Waals surface area contributed by atoms with Gasteiger partial charge >= 0.3 is 0 Å². The van der Waals surface area contributed by atoms with E-state index in [2.05, 4.69) is 20.1 Å². The number of rotatable bonds is 3. The summed E-state index contributed by atoms with van der Waals surface area (Å²) >= 11 is 0. The Morgan fingerprint density at radius 3 is 2.79 bits per heavy atom. The molecule has 0 bridgehead atoms. The van der Waals surface area contributed by atoms with Crippen LogP contribution >= 0.6 is 0 Å². The summed E-state index contributed by atoms with van der Waals surface area (Å²) in [6, 6.07) is 7.50. The van der Waals surface area contributed by atoms with Gasteiger partial charge in [0, 0.05) is 36.5 Å². The van der Waals surface area contributed by atoms with Gasteiger partial charge in [0.15, 0.2) is 0 Å². The van der Waals surface area contributed by atoms with E-state index in [9.17, 15) is 4.79 Å². The number of likely N-dealkylation sites (tertiary alicyclic amines) is 1. The summed E-state index contributed by atoms with van der Waals surface area (Å²) in [7, 11) is 0. The second-order valence-electron chi connectivity index (χ2n) is 5.96. The van der Waals surface area contributed by atoms with Crippen molar-refractivity contribution in [3.05, 3.63) is 60.7 Å². The van der Waals surface area contributed by atoms with Gasteiger partial charge in [0.05, 0.1) is 12.0 Å². The van der Waals surface area contributed by atoms with Gasteiger partial charge in [0.1, 0.15) is 12.7 Å². The summed E-state index contributed by atoms with van der Waals surface area (Å²) in [6.45, 7) is 1.52. The van der Waals surface area contributed by atoms with Crippen LogP contribution in [0.15, 0.2) is 49.4 Å². The van der Waals surface area contributed by atoms with E-state index in [1.165, 1.54) is 6.33 Å². The summed E-state index contributed by atoms with van der Waals surface area (Å²) in [5.74, 6) is 0.526. The van der Waals surface area contributed by atoms with Crippen molar-refractivity contribution in [3.8, 4) is 5.69 Å². The molecule has 0 radical (unpaired) electrons. The zero-order chi connectivity index (χ0) is 16.4. The van der Waals surface area contributed by atoms with E-state index in [-0.39, 0.29) is 5.91 Å². The first-order valence-electron chi connectivity index (χ1n) is 8.04. The van der Waals surface area contributed by atoms with Crippen molar-refractivity contribution in [2.45, 2.75) is 18.8 Å². The molecule has 1 aliphatic rings. The first-order valence-corrected chi connectivity index (χ1v) is 8.04. The van der Waals surface area contributed by atoms with E-state index >= 15 is 0 Å². The average Bonchev–Trinajstić information content (AvgIpc) is 3.35. The van der Waals surface area contributed by atoms with Gasteiger partial charge in [0.2, 0.25) is 0 Å². The molecule has 0 saturated carbocycles. The Morgan fingerprint density at radius 1 is 1.21 bits per heavy atom. The van der Waals surface area contributed by atoms with E-state index in [1.54, 1.807) is 17.3 Å². The van der Waals surface area contributed by atoms with Crippen molar-refractivity contribution in [2.75, 3.05) is 13.1 Å². The number of imidazole rings is 1. The van der Waals surface area contributed by atoms with Crippen molar-refractivity contribution >= 4 is 5.91 Å². The monoisotopic (exact) mass is 322 g/mol. The summed E-state index contributed by atoms with van der Waals surface area (Å²) < 4.78 is 1.65. The molecule has 1 N–H and O–H groups in total. The number of aromatic amines is 1. The molecule has 0 spiro atoms. The number of H-pyrrole nitrogens is 1. The van der Waals surface area contributed by atoms with Crippen LogP contribution in [-0.2, 0) is 0 Å². The zero-order valence-corrected chi connectivity index (χ0v) is 13.2. The molecule has 0 unspecified atom stereocenters. The Hall–Kier alpha value is -2.96. The maximum Gasteiger partial charge on any atom is 0.253 e. The van der Waals surface area contributed by atoms with Crippen LogP contribution in [-0.4, -0.2) is 48.6 Å². The molecule has 1 fully saturated rings. The van der Waals surface area contributed by atoms with Gasteiger partial charge < -0.3 is 9.88 Å². The predicted octanol–water partition coefficient (Wildman–Crippen LogP) is 2.01. The molecule has 7 nitrogen and oxygen atoms in total. The van der Waals surface area contributed by atoms with Crippen LogP contribution in [0, 0.1) is 0 Å². The highest BCUT2D eigenvalue weighted by molar-refractivity contribution is 5.94. The predicted molar refractivity (Wildman–Crippen MR) is 87.8 cm³/mol. The van der Waals surface area contributed by atoms with Crippen LogP contribution in [0.5, 0.6) is 0 Å². The van der Waals surface area contributed by atoms with Crippen LogP contribution in [0.25, 0.3) is 5.69 Å². The standard InChI is InChI=1S/C17H18N6O/c24-17(14-2-1-3-15(8-14)23-12-19-11-21-23)22-6-4-13(5-7-22)16-9-18-10-20-16/h1-3,8-13H,4-7H2,(H,18,20). The molecule has 1 aromatic carbocycles. The second-order valence-corrected chi connectivity index (χ2v) is 5.96. The van der Waals surface area contributed by atoms with Gasteiger partial charge in [-0.3, -0.25) is 4.79 Å². The highest BCUT2D eigenvalue weighted by Gasteiger charge is 2.25. The zero-order valence-electron chi connectivity index (χ0n) is 13.2. The van der Waals surface area contributed by atoms with Crippen LogP contribution in [0.4, 0.5) is 0 Å². The van der Waals surface area contributed by atoms with Gasteiger partial charge in [-0.2, -0.15) is 5.10 Å². The van der Waals surface area contributed by atoms with E-state index in [0.717, 1.165) is 37.3 Å². The molecule has 122 valence electrons. The summed E-state index contributed by atoms with van der Waals surface area (Å²) in [5.41, 5.74) is 2.68. The first kappa shape index (κ1) is 14.6. The number of hydrogen-bond donors (Lipinski definition) is 1. The smallest absolute Gasteiger partial charge is 0.253 e. The fraction of sp³-hybridized carbons (Fsp3) is 0.294. The van der Waals surface area contributed by atoms with Gasteiger partial charge in [-0.1, -0.05) is 6.07 Å². The number of hydrogen-bond acceptors (Lipinski definition) is 4. The molecule has 2 aromatic heterocycles. The molecule has 0 aliphatic carbocycles. The minimum atomic E-state index is 0.0695. The van der Waals surface area contributed by atoms with E-state index < -0.39 is 0 Å². The third kappa shape index (κ3) is 2.80. The fourth-order valence-electron chi connectivity index (χ4n) is 3.19. The highest BCUT2D eigenvalue weighted by Crippen LogP contribution is 2.27. The van der Waals surface area contributed by atoms with Gasteiger partial charge in [0.25, 0.3) is 5.91 Å². The van der Waals surface area contributed by atoms with Crippen molar-refractivity contribution in [1.82, 2.24) is 29.6 Å². The fourth-order valence-corrected chi connectivity index (χ4v) is 3.19. The second kappa shape index (κ2) is 6.27. The van der Waals surface area contributed by atoms with Crippen LogP contribution in [0.1, 0.15) is 34.8 Å². The number of carbonyl (C=O) groups is 1. The largest absolute Gasteiger partial charge is 0.348 e. The Morgan fingerprint density at radius 2 is 2.08 bits per heavy atom. The van der Waals surface area contributed by atoms with Gasteiger partial charge in [-0.15, -0.1) is 0 Å². The molecule has 3 heterocycles. The lowest BCUT2D eigenvalue weighted by molar-refractivity contribution is 0.0712. The lowest BCUT2D eigenvalue weighted by Crippen LogP contribution is -2.38. The topological polar surface area (TPSA) is 79.7 Å². The summed E-state index contributed by atoms with van der Waals surface area (Å²) in [6.07, 6.45) is 8.61. The number of amides is 1. The third-order valence-electron chi connectivity index (χ3n) is 4.52. The van der Waals surface area contributed by atoms with Crippen molar-refractivity contribution in [2.24, 2.45) is 0 Å². The number of aromatic nitrogens is 5. The van der Waals surface area contributed by atoms with Crippen LogP contribution in [0.3, 0.4) is 0 Å². The van der Waals surface area contributed by atoms with Crippen molar-refractivity contribution in [3.63, 3.8) is 0 Å². The third-order valence-corrected chi connectivity index (χ3v) is 4.52. The molecular weight excluding hydrogens is 304 g/mol. The summed E-state index contributed by atoms with van der Waals surface area (Å²) in [5, 5.41) is 4.11. The Balaban J connectivity index is 1.46. The average molecular weight is 322 g/mol. The Labute approximate surface area is 139 Å². The van der Waals surface area contributed by atoms with Crippen LogP contribution in [0.2, 0.25) is 0 Å². The maximum absolute atomic E-state index is 12.8. The van der Waals surface area contributed by atoms with Crippen LogP contribution < -0.4 is 0 Å². The molecule has 0 atom stereocenters. The minimum absolute atomic E-state index is 0.0695. The number of nitrogens with one attached hydrogen (secondary N) is 1. The lowest BCUT2D eigenvalue weighted by Gasteiger charge is -2.31. The molecule has 1 aliphatic heterocycles. The van der Waals surface area contributed by atoms with E-state index in [1.807, 2.05) is 35.4 Å². The Kier molecular flexibility index (Phi) is 3.82. The number of nitrogens with zero attached hydrogens (tertiary/aromatic N) is 5. The molecule has 24 heavy (non-hydrogen) atoms. The SMILES string of the molecule is O=C(c1cccc(-n2cncn2)c1)N1CCC(c2cnc[nH]2)CC1. The van der Waals surface area contributed by atoms with Gasteiger partial charge in [-0.05, 0) is 31.0 Å². The first-order chi connectivity index (χ1) is 11.8.